The number of piperazine rings is 1. The van der Waals surface area contributed by atoms with Crippen molar-refractivity contribution in [3.8, 4) is 11.4 Å². The molecule has 1 saturated heterocycles. The summed E-state index contributed by atoms with van der Waals surface area (Å²) in [4.78, 5) is 37.1. The van der Waals surface area contributed by atoms with Gasteiger partial charge in [0.25, 0.3) is 5.91 Å². The van der Waals surface area contributed by atoms with Crippen LogP contribution in [0.3, 0.4) is 0 Å². The van der Waals surface area contributed by atoms with Crippen LogP contribution in [0.5, 0.6) is 0 Å². The van der Waals surface area contributed by atoms with Gasteiger partial charge in [-0.25, -0.2) is 9.97 Å². The summed E-state index contributed by atoms with van der Waals surface area (Å²) in [5, 5.41) is 11.0. The lowest BCUT2D eigenvalue weighted by molar-refractivity contribution is -0.142. The molecule has 0 bridgehead atoms. The quantitative estimate of drug-likeness (QED) is 0.685. The van der Waals surface area contributed by atoms with Gasteiger partial charge in [0, 0.05) is 43.5 Å². The van der Waals surface area contributed by atoms with Gasteiger partial charge in [-0.2, -0.15) is 0 Å². The molecule has 0 saturated carbocycles. The lowest BCUT2D eigenvalue weighted by atomic mass is 10.1. The number of fused-ring (bicyclic) bond motifs is 1. The highest BCUT2D eigenvalue weighted by molar-refractivity contribution is 5.92. The van der Waals surface area contributed by atoms with Crippen molar-refractivity contribution in [1.29, 1.82) is 0 Å². The number of amides is 1. The van der Waals surface area contributed by atoms with Gasteiger partial charge in [0.2, 0.25) is 0 Å². The fourth-order valence-electron chi connectivity index (χ4n) is 3.89. The maximum atomic E-state index is 12.4. The van der Waals surface area contributed by atoms with E-state index in [-0.39, 0.29) is 18.1 Å². The van der Waals surface area contributed by atoms with Gasteiger partial charge in [-0.1, -0.05) is 36.4 Å². The molecule has 2 heterocycles. The van der Waals surface area contributed by atoms with Crippen LogP contribution in [0.4, 0.5) is 5.82 Å². The molecule has 7 nitrogen and oxygen atoms in total. The molecule has 7 heteroatoms. The molecule has 1 aliphatic heterocycles. The number of ketones is 1. The Hall–Kier alpha value is -3.32. The van der Waals surface area contributed by atoms with Gasteiger partial charge in [-0.05, 0) is 31.5 Å². The van der Waals surface area contributed by atoms with E-state index in [9.17, 15) is 14.7 Å². The average molecular weight is 418 g/mol. The third-order valence-corrected chi connectivity index (χ3v) is 5.52. The second kappa shape index (κ2) is 8.81. The summed E-state index contributed by atoms with van der Waals surface area (Å²) in [6, 6.07) is 16.0. The number of carbonyl (C=O) groups is 2. The van der Waals surface area contributed by atoms with Crippen LogP contribution in [0.1, 0.15) is 18.9 Å². The number of hydrogen-bond acceptors (Lipinski definition) is 6. The van der Waals surface area contributed by atoms with Crippen LogP contribution in [0.15, 0.2) is 48.5 Å². The van der Waals surface area contributed by atoms with Crippen LogP contribution in [0.25, 0.3) is 22.3 Å². The van der Waals surface area contributed by atoms with E-state index in [4.69, 9.17) is 9.97 Å². The fraction of sp³-hybridized carbons (Fsp3) is 0.333. The van der Waals surface area contributed by atoms with Crippen molar-refractivity contribution in [3.05, 3.63) is 54.1 Å². The van der Waals surface area contributed by atoms with E-state index in [1.165, 1.54) is 6.92 Å². The number of carbonyl (C=O) groups excluding carboxylic acids is 2. The lowest BCUT2D eigenvalue weighted by Crippen LogP contribution is -2.52. The van der Waals surface area contributed by atoms with Gasteiger partial charge in [0.1, 0.15) is 17.7 Å². The molecular weight excluding hydrogens is 392 g/mol. The van der Waals surface area contributed by atoms with Gasteiger partial charge < -0.3 is 14.9 Å². The highest BCUT2D eigenvalue weighted by atomic mass is 16.3. The molecule has 1 N–H and O–H groups in total. The Balaban J connectivity index is 1.61. The smallest absolute Gasteiger partial charge is 0.251 e. The summed E-state index contributed by atoms with van der Waals surface area (Å²) >= 11 is 0. The molecule has 4 rings (SSSR count). The number of aromatic nitrogens is 2. The molecular formula is C24H26N4O3. The van der Waals surface area contributed by atoms with Crippen molar-refractivity contribution >= 4 is 28.4 Å². The molecule has 1 fully saturated rings. The summed E-state index contributed by atoms with van der Waals surface area (Å²) in [7, 11) is 0. The minimum Gasteiger partial charge on any atom is -0.383 e. The van der Waals surface area contributed by atoms with E-state index in [0.29, 0.717) is 32.0 Å². The Bertz CT molecular complexity index is 1110. The summed E-state index contributed by atoms with van der Waals surface area (Å²) in [5.74, 6) is 0.933. The summed E-state index contributed by atoms with van der Waals surface area (Å²) in [6.07, 6.45) is -1.41. The number of rotatable bonds is 5. The van der Waals surface area contributed by atoms with Crippen molar-refractivity contribution in [2.45, 2.75) is 26.4 Å². The van der Waals surface area contributed by atoms with Gasteiger partial charge in [-0.15, -0.1) is 0 Å². The Labute approximate surface area is 181 Å². The van der Waals surface area contributed by atoms with Crippen molar-refractivity contribution in [1.82, 2.24) is 14.9 Å². The second-order valence-electron chi connectivity index (χ2n) is 7.99. The van der Waals surface area contributed by atoms with E-state index in [0.717, 1.165) is 27.8 Å². The highest BCUT2D eigenvalue weighted by Crippen LogP contribution is 2.29. The number of Topliss-reactive ketones (excluding diaryl/α,β-unsaturated/α-hetero) is 1. The fourth-order valence-corrected chi connectivity index (χ4v) is 3.89. The third-order valence-electron chi connectivity index (χ3n) is 5.52. The van der Waals surface area contributed by atoms with Crippen LogP contribution < -0.4 is 4.90 Å². The van der Waals surface area contributed by atoms with Crippen LogP contribution in [0, 0.1) is 6.92 Å². The zero-order chi connectivity index (χ0) is 22.0. The molecule has 0 unspecified atom stereocenters. The minimum atomic E-state index is -1.27. The average Bonchev–Trinajstić information content (AvgIpc) is 2.78. The molecule has 160 valence electrons. The summed E-state index contributed by atoms with van der Waals surface area (Å²) in [6.45, 7) is 5.53. The molecule has 0 radical (unpaired) electrons. The first kappa shape index (κ1) is 20.9. The van der Waals surface area contributed by atoms with Crippen molar-refractivity contribution in [2.24, 2.45) is 0 Å². The zero-order valence-electron chi connectivity index (χ0n) is 17.8. The van der Waals surface area contributed by atoms with Gasteiger partial charge in [-0.3, -0.25) is 9.59 Å². The largest absolute Gasteiger partial charge is 0.383 e. The molecule has 1 aromatic heterocycles. The van der Waals surface area contributed by atoms with Crippen LogP contribution in [0.2, 0.25) is 0 Å². The highest BCUT2D eigenvalue weighted by Gasteiger charge is 2.28. The van der Waals surface area contributed by atoms with E-state index < -0.39 is 6.10 Å². The first-order valence-corrected chi connectivity index (χ1v) is 10.5. The van der Waals surface area contributed by atoms with E-state index >= 15 is 0 Å². The monoisotopic (exact) mass is 418 g/mol. The maximum Gasteiger partial charge on any atom is 0.251 e. The minimum absolute atomic E-state index is 0.143. The van der Waals surface area contributed by atoms with Gasteiger partial charge in [0.15, 0.2) is 5.82 Å². The van der Waals surface area contributed by atoms with E-state index in [1.807, 2.05) is 43.3 Å². The summed E-state index contributed by atoms with van der Waals surface area (Å²) < 4.78 is 0. The first-order valence-electron chi connectivity index (χ1n) is 10.5. The van der Waals surface area contributed by atoms with Crippen molar-refractivity contribution in [2.75, 3.05) is 31.1 Å². The number of hydrogen-bond donors (Lipinski definition) is 1. The standard InChI is InChI=1S/C24H26N4O3/c1-16-8-9-19-20(14-16)25-22(18-6-4-3-5-7-18)26-23(19)27-10-12-28(13-11-27)24(31)21(30)15-17(2)29/h3-9,14,21,30H,10-13,15H2,1-2H3/t21-/m1/s1. The lowest BCUT2D eigenvalue weighted by Gasteiger charge is -2.36. The molecule has 3 aromatic rings. The molecule has 31 heavy (non-hydrogen) atoms. The summed E-state index contributed by atoms with van der Waals surface area (Å²) in [5.41, 5.74) is 2.97. The normalized spacial score (nSPS) is 15.2. The second-order valence-corrected chi connectivity index (χ2v) is 7.99. The van der Waals surface area contributed by atoms with Gasteiger partial charge >= 0.3 is 0 Å². The predicted molar refractivity (Wildman–Crippen MR) is 120 cm³/mol. The SMILES string of the molecule is CC(=O)C[C@@H](O)C(=O)N1CCN(c2nc(-c3ccccc3)nc3cc(C)ccc23)CC1. The molecule has 1 aliphatic rings. The Morgan fingerprint density at radius 2 is 1.74 bits per heavy atom. The molecule has 1 amide bonds. The Morgan fingerprint density at radius 1 is 1.03 bits per heavy atom. The number of nitrogens with zero attached hydrogens (tertiary/aromatic N) is 4. The third kappa shape index (κ3) is 4.56. The van der Waals surface area contributed by atoms with Crippen LogP contribution >= 0.6 is 0 Å². The molecule has 1 atom stereocenters. The topological polar surface area (TPSA) is 86.6 Å². The van der Waals surface area contributed by atoms with Crippen molar-refractivity contribution < 1.29 is 14.7 Å². The number of aryl methyl sites for hydroxylation is 1. The molecule has 0 aliphatic carbocycles. The Morgan fingerprint density at radius 3 is 2.42 bits per heavy atom. The Kier molecular flexibility index (Phi) is 5.95. The van der Waals surface area contributed by atoms with E-state index in [2.05, 4.69) is 17.0 Å². The van der Waals surface area contributed by atoms with Gasteiger partial charge in [0.05, 0.1) is 5.52 Å². The maximum absolute atomic E-state index is 12.4. The molecule has 2 aromatic carbocycles. The van der Waals surface area contributed by atoms with Crippen LogP contribution in [-0.4, -0.2) is 63.9 Å². The number of aliphatic hydroxyl groups excluding tert-OH is 1. The first-order chi connectivity index (χ1) is 14.9. The number of benzene rings is 2. The van der Waals surface area contributed by atoms with Crippen molar-refractivity contribution in [3.63, 3.8) is 0 Å². The number of anilines is 1. The van der Waals surface area contributed by atoms with Crippen LogP contribution in [-0.2, 0) is 9.59 Å². The zero-order valence-corrected chi connectivity index (χ0v) is 17.8. The van der Waals surface area contributed by atoms with E-state index in [1.54, 1.807) is 4.90 Å². The molecule has 0 spiro atoms. The predicted octanol–water partition coefficient (Wildman–Crippen LogP) is 2.59. The number of aliphatic hydroxyl groups is 1.